The Balaban J connectivity index is 2.00. The quantitative estimate of drug-likeness (QED) is 0.188. The van der Waals surface area contributed by atoms with E-state index in [4.69, 9.17) is 27.8 Å². The molecule has 2 heterocycles. The van der Waals surface area contributed by atoms with Crippen molar-refractivity contribution in [3.8, 4) is 0 Å². The zero-order valence-corrected chi connectivity index (χ0v) is 18.2. The number of aliphatic hydroxyl groups is 2. The Morgan fingerprint density at radius 1 is 0.862 bits per heavy atom. The monoisotopic (exact) mass is 462 g/mol. The molecule has 2 saturated heterocycles. The van der Waals surface area contributed by atoms with E-state index in [-0.39, 0.29) is 6.61 Å². The molecule has 0 aromatic heterocycles. The molecule has 2 aliphatic heterocycles. The summed E-state index contributed by atoms with van der Waals surface area (Å²) < 4.78 is 58.9. The Bertz CT molecular complexity index is 641. The molecule has 0 aromatic rings. The molecular formula is C12H26B2O13P2. The molecule has 17 heteroatoms. The first-order chi connectivity index (χ1) is 13.4. The molecule has 29 heavy (non-hydrogen) atoms. The molecule has 168 valence electrons. The highest BCUT2D eigenvalue weighted by atomic mass is 31.2. The van der Waals surface area contributed by atoms with Gasteiger partial charge in [0.25, 0.3) is 0 Å². The van der Waals surface area contributed by atoms with Crippen LogP contribution in [0.5, 0.6) is 0 Å². The summed E-state index contributed by atoms with van der Waals surface area (Å²) in [5.41, 5.74) is 0. The Morgan fingerprint density at radius 2 is 1.31 bits per heavy atom. The number of methoxy groups -OCH3 is 1. The minimum Gasteiger partial charge on any atom is -0.388 e. The summed E-state index contributed by atoms with van der Waals surface area (Å²) in [6.07, 6.45) is -7.01. The van der Waals surface area contributed by atoms with E-state index in [0.717, 1.165) is 7.11 Å². The summed E-state index contributed by atoms with van der Waals surface area (Å²) in [5, 5.41) is 20.2. The van der Waals surface area contributed by atoms with Gasteiger partial charge in [0, 0.05) is 14.2 Å². The van der Waals surface area contributed by atoms with Gasteiger partial charge >= 0.3 is 15.6 Å². The SMILES string of the molecule is B[C@@H]1O[C@H](COP(=O)(O)O[C@@H]2C(O)[C@H](B)O[C@@H]2COC)[C@H](OP(=O)(O)OC)C1O. The first kappa shape index (κ1) is 25.4. The molecule has 2 fully saturated rings. The predicted octanol–water partition coefficient (Wildman–Crippen LogP) is -3.30. The van der Waals surface area contributed by atoms with Crippen LogP contribution < -0.4 is 0 Å². The summed E-state index contributed by atoms with van der Waals surface area (Å²) in [6, 6.07) is -1.46. The predicted molar refractivity (Wildman–Crippen MR) is 101 cm³/mol. The van der Waals surface area contributed by atoms with Gasteiger partial charge in [-0.3, -0.25) is 18.1 Å². The maximum atomic E-state index is 12.4. The second kappa shape index (κ2) is 10.2. The number of rotatable bonds is 10. The largest absolute Gasteiger partial charge is 0.472 e. The van der Waals surface area contributed by atoms with Crippen LogP contribution in [0.15, 0.2) is 0 Å². The minimum atomic E-state index is -4.72. The smallest absolute Gasteiger partial charge is 0.388 e. The molecule has 0 amide bonds. The van der Waals surface area contributed by atoms with E-state index in [1.807, 2.05) is 0 Å². The molecule has 0 saturated carbocycles. The average molecular weight is 462 g/mol. The molecule has 13 nitrogen and oxygen atoms in total. The Morgan fingerprint density at radius 3 is 1.76 bits per heavy atom. The van der Waals surface area contributed by atoms with Gasteiger partial charge in [0.1, 0.15) is 52.3 Å². The number of hydrogen-bond acceptors (Lipinski definition) is 11. The molecule has 0 aromatic carbocycles. The van der Waals surface area contributed by atoms with E-state index in [2.05, 4.69) is 4.52 Å². The van der Waals surface area contributed by atoms with E-state index in [1.54, 1.807) is 7.85 Å². The van der Waals surface area contributed by atoms with Crippen LogP contribution in [-0.4, -0.2) is 112 Å². The topological polar surface area (TPSA) is 180 Å². The number of ether oxygens (including phenoxy) is 3. The van der Waals surface area contributed by atoms with E-state index >= 15 is 0 Å². The van der Waals surface area contributed by atoms with Crippen molar-refractivity contribution in [1.82, 2.24) is 0 Å². The highest BCUT2D eigenvalue weighted by Gasteiger charge is 2.49. The van der Waals surface area contributed by atoms with Crippen molar-refractivity contribution in [2.45, 2.75) is 48.6 Å². The molecule has 0 bridgehead atoms. The fraction of sp³-hybridized carbons (Fsp3) is 1.00. The van der Waals surface area contributed by atoms with Crippen LogP contribution in [0.1, 0.15) is 0 Å². The lowest BCUT2D eigenvalue weighted by Crippen LogP contribution is -2.38. The van der Waals surface area contributed by atoms with Crippen molar-refractivity contribution in [2.24, 2.45) is 0 Å². The summed E-state index contributed by atoms with van der Waals surface area (Å²) in [5.74, 6) is 0. The molecule has 10 atom stereocenters. The van der Waals surface area contributed by atoms with Crippen molar-refractivity contribution in [3.05, 3.63) is 0 Å². The molecule has 2 aliphatic rings. The summed E-state index contributed by atoms with van der Waals surface area (Å²) in [4.78, 5) is 19.5. The summed E-state index contributed by atoms with van der Waals surface area (Å²) >= 11 is 0. The van der Waals surface area contributed by atoms with Crippen molar-refractivity contribution in [1.29, 1.82) is 0 Å². The standard InChI is InChI=1S/C12H26B2O13P2/c1-21-3-5-9(7(15)11(13)24-5)27-29(19,20)23-4-6-10(8(16)12(14)25-6)26-28(17,18)22-2/h5-12,15-16H,3-4,13-14H2,1-2H3,(H,17,18)(H,19,20)/t5-,6-,7?,8?,9+,10+,11-,12-/m1/s1. The molecule has 0 aliphatic carbocycles. The number of aliphatic hydroxyl groups excluding tert-OH is 2. The van der Waals surface area contributed by atoms with E-state index < -0.39 is 70.9 Å². The van der Waals surface area contributed by atoms with E-state index in [0.29, 0.717) is 0 Å². The van der Waals surface area contributed by atoms with Crippen LogP contribution in [0.25, 0.3) is 0 Å². The number of phosphoric ester groups is 2. The van der Waals surface area contributed by atoms with Gasteiger partial charge in [0.2, 0.25) is 0 Å². The van der Waals surface area contributed by atoms with Gasteiger partial charge in [0.15, 0.2) is 0 Å². The van der Waals surface area contributed by atoms with Gasteiger partial charge in [-0.1, -0.05) is 0 Å². The zero-order chi connectivity index (χ0) is 22.0. The lowest BCUT2D eigenvalue weighted by molar-refractivity contribution is -0.0373. The van der Waals surface area contributed by atoms with Gasteiger partial charge < -0.3 is 34.2 Å². The van der Waals surface area contributed by atoms with Gasteiger partial charge in [-0.25, -0.2) is 9.13 Å². The molecule has 2 rings (SSSR count). The van der Waals surface area contributed by atoms with Crippen LogP contribution in [0.3, 0.4) is 0 Å². The highest BCUT2D eigenvalue weighted by Crippen LogP contribution is 2.49. The third kappa shape index (κ3) is 6.56. The van der Waals surface area contributed by atoms with Gasteiger partial charge in [-0.15, -0.1) is 0 Å². The highest BCUT2D eigenvalue weighted by molar-refractivity contribution is 7.47. The second-order valence-electron chi connectivity index (χ2n) is 6.75. The van der Waals surface area contributed by atoms with Crippen molar-refractivity contribution >= 4 is 31.3 Å². The Hall–Kier alpha value is 0.150. The average Bonchev–Trinajstić information content (AvgIpc) is 3.05. The second-order valence-corrected chi connectivity index (χ2v) is 9.67. The zero-order valence-electron chi connectivity index (χ0n) is 16.4. The van der Waals surface area contributed by atoms with E-state index in [1.165, 1.54) is 15.0 Å². The lowest BCUT2D eigenvalue weighted by Gasteiger charge is -2.25. The minimum absolute atomic E-state index is 0.0141. The van der Waals surface area contributed by atoms with Crippen LogP contribution >= 0.6 is 15.6 Å². The lowest BCUT2D eigenvalue weighted by atomic mass is 9.93. The van der Waals surface area contributed by atoms with E-state index in [9.17, 15) is 29.1 Å². The number of phosphoric acid groups is 2. The molecule has 0 spiro atoms. The molecule has 0 radical (unpaired) electrons. The van der Waals surface area contributed by atoms with Crippen LogP contribution in [0.4, 0.5) is 0 Å². The maximum Gasteiger partial charge on any atom is 0.472 e. The summed E-state index contributed by atoms with van der Waals surface area (Å²) in [6.45, 7) is -0.599. The molecular weight excluding hydrogens is 436 g/mol. The van der Waals surface area contributed by atoms with Crippen molar-refractivity contribution in [2.75, 3.05) is 27.4 Å². The van der Waals surface area contributed by atoms with Crippen LogP contribution in [-0.2, 0) is 41.4 Å². The fourth-order valence-electron chi connectivity index (χ4n) is 3.08. The Kier molecular flexibility index (Phi) is 8.92. The van der Waals surface area contributed by atoms with Crippen molar-refractivity contribution < 1.29 is 61.4 Å². The van der Waals surface area contributed by atoms with Crippen LogP contribution in [0.2, 0.25) is 0 Å². The number of hydrogen-bond donors (Lipinski definition) is 4. The van der Waals surface area contributed by atoms with Gasteiger partial charge in [-0.2, -0.15) is 0 Å². The summed E-state index contributed by atoms with van der Waals surface area (Å²) in [7, 11) is -3.79. The maximum absolute atomic E-state index is 12.4. The Labute approximate surface area is 169 Å². The molecule has 4 N–H and O–H groups in total. The third-order valence-corrected chi connectivity index (χ3v) is 6.58. The fourth-order valence-corrected chi connectivity index (χ4v) is 4.70. The first-order valence-corrected chi connectivity index (χ1v) is 11.8. The van der Waals surface area contributed by atoms with Gasteiger partial charge in [-0.05, 0) is 0 Å². The first-order valence-electron chi connectivity index (χ1n) is 8.79. The normalized spacial score (nSPS) is 41.9. The molecule has 4 unspecified atom stereocenters. The third-order valence-electron chi connectivity index (χ3n) is 4.62. The van der Waals surface area contributed by atoms with Crippen LogP contribution in [0, 0.1) is 0 Å². The van der Waals surface area contributed by atoms with Gasteiger partial charge in [0.05, 0.1) is 25.2 Å². The van der Waals surface area contributed by atoms with Crippen molar-refractivity contribution in [3.63, 3.8) is 0 Å².